The summed E-state index contributed by atoms with van der Waals surface area (Å²) >= 11 is 0. The van der Waals surface area contributed by atoms with Gasteiger partial charge in [-0.05, 0) is 60.4 Å². The van der Waals surface area contributed by atoms with Crippen molar-refractivity contribution in [1.29, 1.82) is 0 Å². The molecule has 1 heterocycles. The van der Waals surface area contributed by atoms with E-state index in [1.807, 2.05) is 12.1 Å². The van der Waals surface area contributed by atoms with Crippen LogP contribution in [0.25, 0.3) is 11.1 Å². The minimum absolute atomic E-state index is 0.0730. The molecule has 0 saturated carbocycles. The number of sulfone groups is 1. The van der Waals surface area contributed by atoms with Gasteiger partial charge in [-0.1, -0.05) is 42.5 Å². The summed E-state index contributed by atoms with van der Waals surface area (Å²) in [6.45, 7) is 0.549. The van der Waals surface area contributed by atoms with Gasteiger partial charge in [0, 0.05) is 18.2 Å². The highest BCUT2D eigenvalue weighted by atomic mass is 32.2. The molecule has 3 aromatic carbocycles. The fraction of sp³-hybridized carbons (Fsp3) is 0.208. The highest BCUT2D eigenvalue weighted by molar-refractivity contribution is 7.91. The van der Waals surface area contributed by atoms with E-state index in [-0.39, 0.29) is 28.4 Å². The summed E-state index contributed by atoms with van der Waals surface area (Å²) in [5.74, 6) is -0.529. The van der Waals surface area contributed by atoms with Gasteiger partial charge in [-0.2, -0.15) is 0 Å². The zero-order valence-corrected chi connectivity index (χ0v) is 17.2. The number of hydrogen-bond donors (Lipinski definition) is 0. The number of rotatable bonds is 5. The van der Waals surface area contributed by atoms with Gasteiger partial charge in [-0.15, -0.1) is 0 Å². The summed E-state index contributed by atoms with van der Waals surface area (Å²) in [6, 6.07) is 21.3. The van der Waals surface area contributed by atoms with E-state index in [2.05, 4.69) is 0 Å². The maximum Gasteiger partial charge on any atom is 0.254 e. The Labute approximate surface area is 175 Å². The summed E-state index contributed by atoms with van der Waals surface area (Å²) in [6.07, 6.45) is 1.46. The number of benzene rings is 3. The lowest BCUT2D eigenvalue weighted by molar-refractivity contribution is 0.0749. The molecule has 0 N–H and O–H groups in total. The molecular weight excluding hydrogens is 401 g/mol. The van der Waals surface area contributed by atoms with Gasteiger partial charge in [0.05, 0.1) is 10.6 Å². The van der Waals surface area contributed by atoms with Crippen molar-refractivity contribution in [2.24, 2.45) is 0 Å². The zero-order chi connectivity index (χ0) is 21.1. The second-order valence-electron chi connectivity index (χ2n) is 7.47. The molecule has 0 aliphatic carbocycles. The minimum Gasteiger partial charge on any atom is -0.335 e. The number of amides is 1. The predicted octanol–water partition coefficient (Wildman–Crippen LogP) is 4.57. The highest BCUT2D eigenvalue weighted by Crippen LogP contribution is 2.25. The Morgan fingerprint density at radius 1 is 0.900 bits per heavy atom. The number of hydrogen-bond acceptors (Lipinski definition) is 3. The van der Waals surface area contributed by atoms with E-state index in [9.17, 15) is 17.6 Å². The van der Waals surface area contributed by atoms with Crippen LogP contribution in [0.15, 0.2) is 83.8 Å². The number of likely N-dealkylation sites (tertiary alicyclic amines) is 1. The molecule has 4 rings (SSSR count). The quantitative estimate of drug-likeness (QED) is 0.604. The Kier molecular flexibility index (Phi) is 5.68. The van der Waals surface area contributed by atoms with Gasteiger partial charge in [0.1, 0.15) is 5.82 Å². The average molecular weight is 424 g/mol. The van der Waals surface area contributed by atoms with Crippen molar-refractivity contribution in [3.8, 4) is 11.1 Å². The maximum atomic E-state index is 13.1. The van der Waals surface area contributed by atoms with Crippen molar-refractivity contribution in [2.75, 3.05) is 12.3 Å². The molecule has 0 radical (unpaired) electrons. The standard InChI is InChI=1S/C24H22FNO3S/c25-21-14-12-19(13-15-21)18-8-10-20(11-9-18)24(27)26-16-4-5-22(26)17-30(28,29)23-6-2-1-3-7-23/h1-3,6-15,22H,4-5,16-17H2. The SMILES string of the molecule is O=C(c1ccc(-c2ccc(F)cc2)cc1)N1CCCC1CS(=O)(=O)c1ccccc1. The van der Waals surface area contributed by atoms with Gasteiger partial charge in [-0.25, -0.2) is 12.8 Å². The lowest BCUT2D eigenvalue weighted by atomic mass is 10.0. The Hall–Kier alpha value is -2.99. The lowest BCUT2D eigenvalue weighted by Crippen LogP contribution is -2.39. The molecule has 6 heteroatoms. The summed E-state index contributed by atoms with van der Waals surface area (Å²) in [5.41, 5.74) is 2.27. The first-order valence-electron chi connectivity index (χ1n) is 9.89. The first kappa shape index (κ1) is 20.3. The summed E-state index contributed by atoms with van der Waals surface area (Å²) in [5, 5.41) is 0. The van der Waals surface area contributed by atoms with E-state index >= 15 is 0 Å². The first-order chi connectivity index (χ1) is 14.4. The van der Waals surface area contributed by atoms with Crippen LogP contribution in [0.2, 0.25) is 0 Å². The van der Waals surface area contributed by atoms with E-state index in [1.54, 1.807) is 59.5 Å². The molecule has 0 spiro atoms. The number of carbonyl (C=O) groups is 1. The summed E-state index contributed by atoms with van der Waals surface area (Å²) in [4.78, 5) is 15.0. The van der Waals surface area contributed by atoms with Crippen molar-refractivity contribution in [1.82, 2.24) is 4.90 Å². The number of carbonyl (C=O) groups excluding carboxylic acids is 1. The van der Waals surface area contributed by atoms with Gasteiger partial charge in [0.25, 0.3) is 5.91 Å². The fourth-order valence-corrected chi connectivity index (χ4v) is 5.48. The van der Waals surface area contributed by atoms with Crippen LogP contribution in [0.3, 0.4) is 0 Å². The number of halogens is 1. The van der Waals surface area contributed by atoms with Gasteiger partial charge < -0.3 is 4.90 Å². The van der Waals surface area contributed by atoms with Crippen molar-refractivity contribution in [3.05, 3.63) is 90.2 Å². The largest absolute Gasteiger partial charge is 0.335 e. The Balaban J connectivity index is 1.50. The monoisotopic (exact) mass is 423 g/mol. The van der Waals surface area contributed by atoms with Crippen LogP contribution in [-0.2, 0) is 9.84 Å². The van der Waals surface area contributed by atoms with Gasteiger partial charge >= 0.3 is 0 Å². The van der Waals surface area contributed by atoms with E-state index in [0.717, 1.165) is 17.5 Å². The molecule has 1 saturated heterocycles. The molecule has 154 valence electrons. The second-order valence-corrected chi connectivity index (χ2v) is 9.51. The molecule has 1 amide bonds. The molecular formula is C24H22FNO3S. The van der Waals surface area contributed by atoms with Crippen molar-refractivity contribution >= 4 is 15.7 Å². The number of nitrogens with zero attached hydrogens (tertiary/aromatic N) is 1. The van der Waals surface area contributed by atoms with Gasteiger partial charge in [-0.3, -0.25) is 4.79 Å². The molecule has 4 nitrogen and oxygen atoms in total. The summed E-state index contributed by atoms with van der Waals surface area (Å²) in [7, 11) is -3.46. The maximum absolute atomic E-state index is 13.1. The smallest absolute Gasteiger partial charge is 0.254 e. The van der Waals surface area contributed by atoms with Crippen LogP contribution >= 0.6 is 0 Å². The second kappa shape index (κ2) is 8.40. The third-order valence-electron chi connectivity index (χ3n) is 5.46. The van der Waals surface area contributed by atoms with Gasteiger partial charge in [0.15, 0.2) is 9.84 Å². The average Bonchev–Trinajstić information content (AvgIpc) is 3.22. The molecule has 1 aliphatic rings. The minimum atomic E-state index is -3.46. The molecule has 1 unspecified atom stereocenters. The van der Waals surface area contributed by atoms with Crippen LogP contribution in [0.1, 0.15) is 23.2 Å². The molecule has 3 aromatic rings. The fourth-order valence-electron chi connectivity index (χ4n) is 3.87. The third kappa shape index (κ3) is 4.28. The van der Waals surface area contributed by atoms with Crippen LogP contribution in [0.4, 0.5) is 4.39 Å². The van der Waals surface area contributed by atoms with Crippen LogP contribution < -0.4 is 0 Å². The summed E-state index contributed by atoms with van der Waals surface area (Å²) < 4.78 is 38.6. The van der Waals surface area contributed by atoms with Gasteiger partial charge in [0.2, 0.25) is 0 Å². The van der Waals surface area contributed by atoms with E-state index in [1.165, 1.54) is 12.1 Å². The van der Waals surface area contributed by atoms with Crippen LogP contribution in [0, 0.1) is 5.82 Å². The molecule has 0 bridgehead atoms. The van der Waals surface area contributed by atoms with Crippen molar-refractivity contribution in [2.45, 2.75) is 23.8 Å². The van der Waals surface area contributed by atoms with E-state index in [0.29, 0.717) is 18.5 Å². The Morgan fingerprint density at radius 2 is 1.50 bits per heavy atom. The third-order valence-corrected chi connectivity index (χ3v) is 7.28. The topological polar surface area (TPSA) is 54.5 Å². The Bertz CT molecular complexity index is 1130. The van der Waals surface area contributed by atoms with Crippen molar-refractivity contribution in [3.63, 3.8) is 0 Å². The Morgan fingerprint density at radius 3 is 2.13 bits per heavy atom. The van der Waals surface area contributed by atoms with E-state index < -0.39 is 9.84 Å². The van der Waals surface area contributed by atoms with E-state index in [4.69, 9.17) is 0 Å². The molecule has 1 fully saturated rings. The molecule has 1 aliphatic heterocycles. The van der Waals surface area contributed by atoms with Crippen molar-refractivity contribution < 1.29 is 17.6 Å². The first-order valence-corrected chi connectivity index (χ1v) is 11.5. The normalized spacial score (nSPS) is 16.6. The predicted molar refractivity (Wildman–Crippen MR) is 114 cm³/mol. The molecule has 30 heavy (non-hydrogen) atoms. The zero-order valence-electron chi connectivity index (χ0n) is 16.4. The van der Waals surface area contributed by atoms with Crippen LogP contribution in [-0.4, -0.2) is 37.6 Å². The van der Waals surface area contributed by atoms with Crippen LogP contribution in [0.5, 0.6) is 0 Å². The highest BCUT2D eigenvalue weighted by Gasteiger charge is 2.33. The molecule has 0 aromatic heterocycles. The molecule has 1 atom stereocenters. The lowest BCUT2D eigenvalue weighted by Gasteiger charge is -2.25.